The highest BCUT2D eigenvalue weighted by atomic mass is 16.5. The molecule has 2 aliphatic rings. The van der Waals surface area contributed by atoms with Gasteiger partial charge in [0.25, 0.3) is 11.8 Å². The summed E-state index contributed by atoms with van der Waals surface area (Å²) >= 11 is 0. The van der Waals surface area contributed by atoms with Crippen LogP contribution in [0.15, 0.2) is 48.5 Å². The van der Waals surface area contributed by atoms with Gasteiger partial charge in [-0.2, -0.15) is 0 Å². The number of nitrogens with one attached hydrogen (secondary N) is 1. The molecule has 1 spiro atoms. The van der Waals surface area contributed by atoms with E-state index in [-0.39, 0.29) is 24.3 Å². The van der Waals surface area contributed by atoms with Gasteiger partial charge in [0.1, 0.15) is 18.1 Å². The number of benzene rings is 2. The van der Waals surface area contributed by atoms with Gasteiger partial charge in [-0.15, -0.1) is 5.10 Å². The van der Waals surface area contributed by atoms with E-state index in [9.17, 15) is 14.4 Å². The Kier molecular flexibility index (Phi) is 9.27. The summed E-state index contributed by atoms with van der Waals surface area (Å²) in [7, 11) is 1.80. The summed E-state index contributed by atoms with van der Waals surface area (Å²) in [5.74, 6) is 1.02. The molecule has 3 amide bonds. The van der Waals surface area contributed by atoms with E-state index in [1.54, 1.807) is 33.7 Å². The number of rotatable bonds is 4. The predicted molar refractivity (Wildman–Crippen MR) is 161 cm³/mol. The molecule has 5 rings (SSSR count). The monoisotopic (exact) mass is 588 g/mol. The van der Waals surface area contributed by atoms with Gasteiger partial charge in [0.2, 0.25) is 5.91 Å². The number of aromatic nitrogens is 3. The summed E-state index contributed by atoms with van der Waals surface area (Å²) < 4.78 is 13.1. The number of hydrogen-bond donors (Lipinski definition) is 1. The van der Waals surface area contributed by atoms with Crippen LogP contribution in [0.4, 0.5) is 0 Å². The minimum absolute atomic E-state index is 0.0789. The summed E-state index contributed by atoms with van der Waals surface area (Å²) in [6.45, 7) is 6.45. The molecule has 1 saturated heterocycles. The van der Waals surface area contributed by atoms with Crippen LogP contribution in [0.5, 0.6) is 11.5 Å². The topological polar surface area (TPSA) is 119 Å². The van der Waals surface area contributed by atoms with E-state index >= 15 is 0 Å². The van der Waals surface area contributed by atoms with Gasteiger partial charge in [-0.1, -0.05) is 23.8 Å². The van der Waals surface area contributed by atoms with Crippen molar-refractivity contribution in [1.82, 2.24) is 30.1 Å². The lowest BCUT2D eigenvalue weighted by Gasteiger charge is -2.42. The van der Waals surface area contributed by atoms with Crippen molar-refractivity contribution in [2.45, 2.75) is 46.0 Å². The molecule has 11 nitrogen and oxygen atoms in total. The third-order valence-electron chi connectivity index (χ3n) is 8.48. The van der Waals surface area contributed by atoms with Crippen LogP contribution in [0.3, 0.4) is 0 Å². The van der Waals surface area contributed by atoms with E-state index in [0.717, 1.165) is 24.3 Å². The Hall–Kier alpha value is -4.41. The summed E-state index contributed by atoms with van der Waals surface area (Å²) in [6, 6.07) is 14.7. The van der Waals surface area contributed by atoms with Gasteiger partial charge in [-0.25, -0.2) is 4.68 Å². The molecule has 11 heteroatoms. The number of nitrogens with zero attached hydrogens (tertiary/aromatic N) is 5. The van der Waals surface area contributed by atoms with Crippen molar-refractivity contribution in [3.63, 3.8) is 0 Å². The first-order valence-electron chi connectivity index (χ1n) is 15.0. The maximum atomic E-state index is 13.9. The molecule has 0 atom stereocenters. The van der Waals surface area contributed by atoms with Gasteiger partial charge < -0.3 is 24.6 Å². The lowest BCUT2D eigenvalue weighted by molar-refractivity contribution is -0.144. The molecule has 0 bridgehead atoms. The van der Waals surface area contributed by atoms with E-state index in [0.29, 0.717) is 74.7 Å². The van der Waals surface area contributed by atoms with Crippen molar-refractivity contribution in [1.29, 1.82) is 0 Å². The first-order chi connectivity index (χ1) is 20.8. The molecule has 3 aromatic rings. The van der Waals surface area contributed by atoms with Crippen LogP contribution < -0.4 is 14.8 Å². The molecule has 2 aromatic carbocycles. The quantitative estimate of drug-likeness (QED) is 0.494. The van der Waals surface area contributed by atoms with Crippen LogP contribution in [0.2, 0.25) is 0 Å². The summed E-state index contributed by atoms with van der Waals surface area (Å²) in [4.78, 5) is 43.7. The number of amides is 3. The van der Waals surface area contributed by atoms with Crippen LogP contribution >= 0.6 is 0 Å². The predicted octanol–water partition coefficient (Wildman–Crippen LogP) is 3.65. The third-order valence-corrected chi connectivity index (χ3v) is 8.48. The largest absolute Gasteiger partial charge is 0.494 e. The fourth-order valence-electron chi connectivity index (χ4n) is 5.95. The van der Waals surface area contributed by atoms with E-state index in [2.05, 4.69) is 15.6 Å². The summed E-state index contributed by atoms with van der Waals surface area (Å²) in [6.07, 6.45) is 3.36. The summed E-state index contributed by atoms with van der Waals surface area (Å²) in [5, 5.41) is 11.5. The zero-order chi connectivity index (χ0) is 30.4. The number of carbonyl (C=O) groups excluding carboxylic acids is 3. The lowest BCUT2D eigenvalue weighted by atomic mass is 9.73. The fraction of sp³-hybridized carbons (Fsp3) is 0.469. The highest BCUT2D eigenvalue weighted by Crippen LogP contribution is 2.39. The van der Waals surface area contributed by atoms with Crippen LogP contribution in [0, 0.1) is 12.3 Å². The number of hydrogen-bond acceptors (Lipinski definition) is 7. The van der Waals surface area contributed by atoms with Gasteiger partial charge in [0.05, 0.1) is 35.5 Å². The van der Waals surface area contributed by atoms with Crippen LogP contribution in [0.25, 0.3) is 5.69 Å². The standard InChI is InChI=1S/C32H40N6O5/c1-4-42-25-13-11-24(12-14-25)38-23(2)28(34-35-38)30(40)37-19-16-32(17-20-37)15-7-8-18-33-29(39)26-9-5-6-10-27(26)43-22-21-36(3)31(32)41/h5-6,9-14H,4,7-8,15-22H2,1-3H3,(H,33,39). The average Bonchev–Trinajstić information content (AvgIpc) is 3.41. The third kappa shape index (κ3) is 6.50. The molecule has 1 N–H and O–H groups in total. The normalized spacial score (nSPS) is 17.9. The number of carbonyl (C=O) groups is 3. The minimum Gasteiger partial charge on any atom is -0.494 e. The van der Waals surface area contributed by atoms with Crippen LogP contribution in [-0.2, 0) is 4.79 Å². The van der Waals surface area contributed by atoms with Gasteiger partial charge in [-0.3, -0.25) is 14.4 Å². The Bertz CT molecular complexity index is 1440. The molecule has 0 radical (unpaired) electrons. The molecule has 3 heterocycles. The number of ether oxygens (including phenoxy) is 2. The number of likely N-dealkylation sites (N-methyl/N-ethyl adjacent to an activating group) is 1. The lowest BCUT2D eigenvalue weighted by Crippen LogP contribution is -2.51. The minimum atomic E-state index is -0.577. The number of piperidine rings is 1. The highest BCUT2D eigenvalue weighted by molar-refractivity contribution is 5.97. The molecule has 0 saturated carbocycles. The number of likely N-dealkylation sites (tertiary alicyclic amines) is 1. The highest BCUT2D eigenvalue weighted by Gasteiger charge is 2.43. The van der Waals surface area contributed by atoms with Crippen molar-refractivity contribution >= 4 is 17.7 Å². The molecule has 0 aliphatic carbocycles. The zero-order valence-electron chi connectivity index (χ0n) is 25.2. The van der Waals surface area contributed by atoms with Gasteiger partial charge in [-0.05, 0) is 75.9 Å². The Morgan fingerprint density at radius 2 is 1.77 bits per heavy atom. The van der Waals surface area contributed by atoms with Gasteiger partial charge in [0, 0.05) is 26.7 Å². The van der Waals surface area contributed by atoms with E-state index in [1.807, 2.05) is 50.2 Å². The molecular weight excluding hydrogens is 548 g/mol. The van der Waals surface area contributed by atoms with Crippen LogP contribution in [0.1, 0.15) is 65.6 Å². The smallest absolute Gasteiger partial charge is 0.276 e. The van der Waals surface area contributed by atoms with Crippen molar-refractivity contribution in [3.8, 4) is 17.2 Å². The van der Waals surface area contributed by atoms with Crippen LogP contribution in [-0.4, -0.2) is 89.0 Å². The maximum absolute atomic E-state index is 13.9. The van der Waals surface area contributed by atoms with Crippen molar-refractivity contribution in [3.05, 3.63) is 65.5 Å². The summed E-state index contributed by atoms with van der Waals surface area (Å²) in [5.41, 5.74) is 1.69. The number of para-hydroxylation sites is 1. The molecule has 0 unspecified atom stereocenters. The molecule has 228 valence electrons. The van der Waals surface area contributed by atoms with E-state index in [1.165, 1.54) is 0 Å². The Labute approximate surface area is 252 Å². The molecule has 1 aromatic heterocycles. The van der Waals surface area contributed by atoms with E-state index in [4.69, 9.17) is 9.47 Å². The van der Waals surface area contributed by atoms with Crippen molar-refractivity contribution in [2.75, 3.05) is 46.4 Å². The molecule has 43 heavy (non-hydrogen) atoms. The molecule has 2 aliphatic heterocycles. The second-order valence-electron chi connectivity index (χ2n) is 11.2. The molecule has 1 fully saturated rings. The second-order valence-corrected chi connectivity index (χ2v) is 11.2. The zero-order valence-corrected chi connectivity index (χ0v) is 25.2. The van der Waals surface area contributed by atoms with E-state index < -0.39 is 5.41 Å². The molecular formula is C32H40N6O5. The number of fused-ring (bicyclic) bond motifs is 1. The van der Waals surface area contributed by atoms with Gasteiger partial charge >= 0.3 is 0 Å². The Morgan fingerprint density at radius 3 is 2.51 bits per heavy atom. The van der Waals surface area contributed by atoms with Crippen molar-refractivity contribution < 1.29 is 23.9 Å². The fourth-order valence-corrected chi connectivity index (χ4v) is 5.95. The Morgan fingerprint density at radius 1 is 1.02 bits per heavy atom. The first-order valence-corrected chi connectivity index (χ1v) is 15.0. The van der Waals surface area contributed by atoms with Crippen molar-refractivity contribution in [2.24, 2.45) is 5.41 Å². The SMILES string of the molecule is CCOc1ccc(-n2nnc(C(=O)N3CCC4(CCCCNC(=O)c5ccccc5OCCN(C)C4=O)CC3)c2C)cc1. The average molecular weight is 589 g/mol. The Balaban J connectivity index is 1.26. The second kappa shape index (κ2) is 13.3. The maximum Gasteiger partial charge on any atom is 0.276 e. The van der Waals surface area contributed by atoms with Gasteiger partial charge in [0.15, 0.2) is 5.69 Å². The first kappa shape index (κ1) is 30.1.